The Morgan fingerprint density at radius 3 is 2.28 bits per heavy atom. The normalized spacial score (nSPS) is 16.3. The second-order valence-corrected chi connectivity index (χ2v) is 8.11. The molecule has 1 fully saturated rings. The van der Waals surface area contributed by atoms with Crippen LogP contribution in [-0.4, -0.2) is 22.5 Å². The molecule has 4 heteroatoms. The predicted molar refractivity (Wildman–Crippen MR) is 101 cm³/mol. The van der Waals surface area contributed by atoms with Gasteiger partial charge in [0.1, 0.15) is 5.75 Å². The van der Waals surface area contributed by atoms with Crippen molar-refractivity contribution < 1.29 is 9.90 Å². The lowest BCUT2D eigenvalue weighted by molar-refractivity contribution is -0.129. The first-order valence-corrected chi connectivity index (χ1v) is 9.03. The minimum absolute atomic E-state index is 0.158. The van der Waals surface area contributed by atoms with Crippen molar-refractivity contribution in [1.82, 2.24) is 4.90 Å². The lowest BCUT2D eigenvalue weighted by Crippen LogP contribution is -2.31. The number of hydrogen-bond acceptors (Lipinski definition) is 2. The van der Waals surface area contributed by atoms with Crippen molar-refractivity contribution in [3.8, 4) is 5.75 Å². The minimum Gasteiger partial charge on any atom is -0.508 e. The van der Waals surface area contributed by atoms with E-state index in [2.05, 4.69) is 20.8 Å². The van der Waals surface area contributed by atoms with Crippen LogP contribution in [0, 0.1) is 0 Å². The number of nitrogens with zero attached hydrogens (tertiary/aromatic N) is 1. The Labute approximate surface area is 154 Å². The average molecular weight is 358 g/mol. The molecule has 0 aliphatic carbocycles. The Hall–Kier alpha value is -2.00. The highest BCUT2D eigenvalue weighted by atomic mass is 35.5. The summed E-state index contributed by atoms with van der Waals surface area (Å²) in [6.45, 7) is 6.97. The fourth-order valence-electron chi connectivity index (χ4n) is 3.46. The summed E-state index contributed by atoms with van der Waals surface area (Å²) >= 11 is 6.04. The molecule has 1 N–H and O–H groups in total. The van der Waals surface area contributed by atoms with Gasteiger partial charge in [0.05, 0.1) is 6.04 Å². The van der Waals surface area contributed by atoms with Crippen LogP contribution in [0.5, 0.6) is 5.75 Å². The SMILES string of the molecule is CC(C)(C)c1cc(C(c2ccc(Cl)cc2)N2CCCC2=O)ccc1O. The average Bonchev–Trinajstić information content (AvgIpc) is 2.96. The number of halogens is 1. The number of aromatic hydroxyl groups is 1. The fraction of sp³-hybridized carbons (Fsp3) is 0.381. The van der Waals surface area contributed by atoms with E-state index >= 15 is 0 Å². The summed E-state index contributed by atoms with van der Waals surface area (Å²) in [7, 11) is 0. The van der Waals surface area contributed by atoms with Gasteiger partial charge in [0.25, 0.3) is 0 Å². The summed E-state index contributed by atoms with van der Waals surface area (Å²) in [4.78, 5) is 14.4. The van der Waals surface area contributed by atoms with Gasteiger partial charge in [-0.1, -0.05) is 50.6 Å². The molecule has 0 bridgehead atoms. The smallest absolute Gasteiger partial charge is 0.223 e. The molecule has 1 aliphatic rings. The molecule has 0 saturated carbocycles. The van der Waals surface area contributed by atoms with Crippen LogP contribution in [0.1, 0.15) is 56.3 Å². The summed E-state index contributed by atoms with van der Waals surface area (Å²) in [6, 6.07) is 13.2. The molecule has 25 heavy (non-hydrogen) atoms. The Balaban J connectivity index is 2.12. The second kappa shape index (κ2) is 6.72. The van der Waals surface area contributed by atoms with Crippen molar-refractivity contribution in [2.24, 2.45) is 0 Å². The third-order valence-corrected chi connectivity index (χ3v) is 5.00. The Morgan fingerprint density at radius 1 is 1.08 bits per heavy atom. The molecule has 3 rings (SSSR count). The maximum Gasteiger partial charge on any atom is 0.223 e. The highest BCUT2D eigenvalue weighted by Gasteiger charge is 2.31. The first kappa shape index (κ1) is 17.8. The monoisotopic (exact) mass is 357 g/mol. The largest absolute Gasteiger partial charge is 0.508 e. The number of likely N-dealkylation sites (tertiary alicyclic amines) is 1. The summed E-state index contributed by atoms with van der Waals surface area (Å²) in [5.74, 6) is 0.462. The molecule has 1 aliphatic heterocycles. The van der Waals surface area contributed by atoms with E-state index in [9.17, 15) is 9.90 Å². The molecule has 0 radical (unpaired) electrons. The number of phenols is 1. The highest BCUT2D eigenvalue weighted by molar-refractivity contribution is 6.30. The Kier molecular flexibility index (Phi) is 4.79. The molecule has 1 saturated heterocycles. The van der Waals surface area contributed by atoms with Crippen molar-refractivity contribution in [2.75, 3.05) is 6.54 Å². The van der Waals surface area contributed by atoms with E-state index in [1.165, 1.54) is 0 Å². The van der Waals surface area contributed by atoms with Gasteiger partial charge in [-0.05, 0) is 52.8 Å². The molecule has 0 aromatic heterocycles. The van der Waals surface area contributed by atoms with Gasteiger partial charge in [-0.2, -0.15) is 0 Å². The van der Waals surface area contributed by atoms with Gasteiger partial charge in [-0.15, -0.1) is 0 Å². The van der Waals surface area contributed by atoms with E-state index in [1.54, 1.807) is 6.07 Å². The topological polar surface area (TPSA) is 40.5 Å². The van der Waals surface area contributed by atoms with E-state index in [-0.39, 0.29) is 17.4 Å². The van der Waals surface area contributed by atoms with Crippen molar-refractivity contribution >= 4 is 17.5 Å². The lowest BCUT2D eigenvalue weighted by Gasteiger charge is -2.30. The molecule has 1 unspecified atom stereocenters. The Bertz CT molecular complexity index is 777. The molecule has 2 aromatic carbocycles. The van der Waals surface area contributed by atoms with Gasteiger partial charge in [0.15, 0.2) is 0 Å². The van der Waals surface area contributed by atoms with E-state index in [0.717, 1.165) is 29.7 Å². The maximum atomic E-state index is 12.4. The minimum atomic E-state index is -0.181. The number of carbonyl (C=O) groups is 1. The van der Waals surface area contributed by atoms with Crippen LogP contribution in [0.2, 0.25) is 5.02 Å². The van der Waals surface area contributed by atoms with Crippen LogP contribution in [0.3, 0.4) is 0 Å². The van der Waals surface area contributed by atoms with Gasteiger partial charge in [-0.25, -0.2) is 0 Å². The zero-order valence-electron chi connectivity index (χ0n) is 14.9. The molecule has 0 spiro atoms. The zero-order chi connectivity index (χ0) is 18.2. The van der Waals surface area contributed by atoms with E-state index in [0.29, 0.717) is 17.2 Å². The van der Waals surface area contributed by atoms with Crippen LogP contribution in [0.25, 0.3) is 0 Å². The first-order chi connectivity index (χ1) is 11.8. The number of benzene rings is 2. The van der Waals surface area contributed by atoms with Crippen LogP contribution >= 0.6 is 11.6 Å². The summed E-state index contributed by atoms with van der Waals surface area (Å²) in [5.41, 5.74) is 2.75. The summed E-state index contributed by atoms with van der Waals surface area (Å²) in [5, 5.41) is 11.0. The third-order valence-electron chi connectivity index (χ3n) is 4.75. The molecular weight excluding hydrogens is 334 g/mol. The number of carbonyl (C=O) groups excluding carboxylic acids is 1. The number of rotatable bonds is 3. The van der Waals surface area contributed by atoms with E-state index in [1.807, 2.05) is 41.3 Å². The molecule has 1 amide bonds. The zero-order valence-corrected chi connectivity index (χ0v) is 15.7. The van der Waals surface area contributed by atoms with Crippen LogP contribution in [-0.2, 0) is 10.2 Å². The van der Waals surface area contributed by atoms with Gasteiger partial charge >= 0.3 is 0 Å². The van der Waals surface area contributed by atoms with Crippen molar-refractivity contribution in [1.29, 1.82) is 0 Å². The van der Waals surface area contributed by atoms with E-state index in [4.69, 9.17) is 11.6 Å². The third kappa shape index (κ3) is 3.67. The molecule has 1 heterocycles. The fourth-order valence-corrected chi connectivity index (χ4v) is 3.59. The maximum absolute atomic E-state index is 12.4. The molecular formula is C21H24ClNO2. The number of phenolic OH excluding ortho intramolecular Hbond substituents is 1. The Morgan fingerprint density at radius 2 is 1.72 bits per heavy atom. The van der Waals surface area contributed by atoms with Crippen molar-refractivity contribution in [2.45, 2.75) is 45.1 Å². The summed E-state index contributed by atoms with van der Waals surface area (Å²) in [6.07, 6.45) is 1.47. The van der Waals surface area contributed by atoms with Gasteiger partial charge < -0.3 is 10.0 Å². The summed E-state index contributed by atoms with van der Waals surface area (Å²) < 4.78 is 0. The highest BCUT2D eigenvalue weighted by Crippen LogP contribution is 2.38. The van der Waals surface area contributed by atoms with Crippen LogP contribution < -0.4 is 0 Å². The van der Waals surface area contributed by atoms with Gasteiger partial charge in [0, 0.05) is 18.0 Å². The van der Waals surface area contributed by atoms with Gasteiger partial charge in [0.2, 0.25) is 5.91 Å². The van der Waals surface area contributed by atoms with Crippen LogP contribution in [0.4, 0.5) is 0 Å². The van der Waals surface area contributed by atoms with E-state index < -0.39 is 0 Å². The van der Waals surface area contributed by atoms with Gasteiger partial charge in [-0.3, -0.25) is 4.79 Å². The quantitative estimate of drug-likeness (QED) is 0.834. The van der Waals surface area contributed by atoms with Crippen molar-refractivity contribution in [3.05, 3.63) is 64.2 Å². The standard InChI is InChI=1S/C21H24ClNO2/c1-21(2,3)17-13-15(8-11-18(17)24)20(23-12-4-5-19(23)25)14-6-9-16(22)10-7-14/h6-11,13,20,24H,4-5,12H2,1-3H3. The molecule has 3 nitrogen and oxygen atoms in total. The lowest BCUT2D eigenvalue weighted by atomic mass is 9.83. The predicted octanol–water partition coefficient (Wildman–Crippen LogP) is 5.05. The van der Waals surface area contributed by atoms with Crippen molar-refractivity contribution in [3.63, 3.8) is 0 Å². The second-order valence-electron chi connectivity index (χ2n) is 7.67. The number of amides is 1. The molecule has 2 aromatic rings. The first-order valence-electron chi connectivity index (χ1n) is 8.66. The number of hydrogen-bond donors (Lipinski definition) is 1. The molecule has 132 valence electrons. The molecule has 1 atom stereocenters. The van der Waals surface area contributed by atoms with Crippen LogP contribution in [0.15, 0.2) is 42.5 Å².